The summed E-state index contributed by atoms with van der Waals surface area (Å²) in [5.74, 6) is -0.110. The maximum absolute atomic E-state index is 13.4. The van der Waals surface area contributed by atoms with Crippen LogP contribution in [0.1, 0.15) is 27.9 Å². The Kier molecular flexibility index (Phi) is 5.91. The van der Waals surface area contributed by atoms with Crippen LogP contribution in [0.3, 0.4) is 0 Å². The molecule has 32 heavy (non-hydrogen) atoms. The molecule has 7 heteroatoms. The number of benzene rings is 3. The first-order valence-corrected chi connectivity index (χ1v) is 10.4. The molecule has 0 saturated carbocycles. The van der Waals surface area contributed by atoms with E-state index in [-0.39, 0.29) is 12.1 Å². The van der Waals surface area contributed by atoms with Crippen LogP contribution in [0.25, 0.3) is 0 Å². The van der Waals surface area contributed by atoms with Crippen LogP contribution in [0.4, 0.5) is 5.69 Å². The summed E-state index contributed by atoms with van der Waals surface area (Å²) in [7, 11) is 2.96. The number of ketones is 1. The van der Waals surface area contributed by atoms with Crippen LogP contribution in [-0.4, -0.2) is 31.0 Å². The lowest BCUT2D eigenvalue weighted by Gasteiger charge is -2.23. The summed E-state index contributed by atoms with van der Waals surface area (Å²) < 4.78 is 10.5. The number of carbonyl (C=O) groups excluding carboxylic acids is 2. The second kappa shape index (κ2) is 8.65. The lowest BCUT2D eigenvalue weighted by molar-refractivity contribution is -0.136. The van der Waals surface area contributed by atoms with Gasteiger partial charge in [-0.05, 0) is 35.9 Å². The molecule has 0 radical (unpaired) electrons. The van der Waals surface area contributed by atoms with Crippen molar-refractivity contribution >= 4 is 29.0 Å². The SMILES string of the molecule is COc1ccc(C(=O)C[C@@]2(O)C(=O)N(Cc3ccc(Cl)cc3)c3ccccc32)c(OC)c1. The molecule has 164 valence electrons. The largest absolute Gasteiger partial charge is 0.497 e. The fourth-order valence-corrected chi connectivity index (χ4v) is 4.09. The Hall–Kier alpha value is -3.35. The van der Waals surface area contributed by atoms with Crippen molar-refractivity contribution in [2.24, 2.45) is 0 Å². The Morgan fingerprint density at radius 3 is 2.44 bits per heavy atom. The Bertz CT molecular complexity index is 1180. The third-order valence-electron chi connectivity index (χ3n) is 5.62. The normalized spacial score (nSPS) is 17.2. The standard InChI is InChI=1S/C25H22ClNO5/c1-31-18-11-12-19(23(13-18)32-2)22(28)14-25(30)20-5-3-4-6-21(20)27(24(25)29)15-16-7-9-17(26)10-8-16/h3-13,30H,14-15H2,1-2H3/t25-/m0/s1. The van der Waals surface area contributed by atoms with Gasteiger partial charge in [0.2, 0.25) is 0 Å². The molecule has 1 aliphatic rings. The zero-order valence-electron chi connectivity index (χ0n) is 17.7. The number of aliphatic hydroxyl groups is 1. The Labute approximate surface area is 191 Å². The number of halogens is 1. The van der Waals surface area contributed by atoms with E-state index in [1.807, 2.05) is 12.1 Å². The first-order valence-electron chi connectivity index (χ1n) is 10.0. The molecule has 1 N–H and O–H groups in total. The zero-order chi connectivity index (χ0) is 22.9. The lowest BCUT2D eigenvalue weighted by atomic mass is 9.88. The van der Waals surface area contributed by atoms with Gasteiger partial charge in [-0.1, -0.05) is 41.9 Å². The van der Waals surface area contributed by atoms with Gasteiger partial charge in [0.15, 0.2) is 11.4 Å². The van der Waals surface area contributed by atoms with Crippen LogP contribution < -0.4 is 14.4 Å². The summed E-state index contributed by atoms with van der Waals surface area (Å²) in [6.07, 6.45) is -0.414. The number of methoxy groups -OCH3 is 2. The predicted molar refractivity (Wildman–Crippen MR) is 121 cm³/mol. The summed E-state index contributed by atoms with van der Waals surface area (Å²) >= 11 is 5.97. The minimum absolute atomic E-state index is 0.245. The Morgan fingerprint density at radius 2 is 1.75 bits per heavy atom. The molecule has 1 aliphatic heterocycles. The van der Waals surface area contributed by atoms with Gasteiger partial charge in [0, 0.05) is 16.7 Å². The van der Waals surface area contributed by atoms with Crippen LogP contribution in [0.15, 0.2) is 66.7 Å². The van der Waals surface area contributed by atoms with E-state index >= 15 is 0 Å². The Balaban J connectivity index is 1.67. The maximum Gasteiger partial charge on any atom is 0.264 e. The zero-order valence-corrected chi connectivity index (χ0v) is 18.4. The number of carbonyl (C=O) groups is 2. The van der Waals surface area contributed by atoms with Gasteiger partial charge in [0.1, 0.15) is 11.5 Å². The van der Waals surface area contributed by atoms with Crippen molar-refractivity contribution < 1.29 is 24.2 Å². The lowest BCUT2D eigenvalue weighted by Crippen LogP contribution is -2.41. The van der Waals surface area contributed by atoms with E-state index in [0.717, 1.165) is 5.56 Å². The molecule has 0 aliphatic carbocycles. The third kappa shape index (κ3) is 3.83. The average Bonchev–Trinajstić information content (AvgIpc) is 3.01. The van der Waals surface area contributed by atoms with E-state index in [9.17, 15) is 14.7 Å². The Morgan fingerprint density at radius 1 is 1.03 bits per heavy atom. The molecule has 4 rings (SSSR count). The van der Waals surface area contributed by atoms with Crippen LogP contribution >= 0.6 is 11.6 Å². The van der Waals surface area contributed by atoms with Gasteiger partial charge in [-0.2, -0.15) is 0 Å². The number of hydrogen-bond acceptors (Lipinski definition) is 5. The predicted octanol–water partition coefficient (Wildman–Crippen LogP) is 4.36. The van der Waals surface area contributed by atoms with E-state index in [1.165, 1.54) is 19.1 Å². The number of amides is 1. The molecule has 1 amide bonds. The first kappa shape index (κ1) is 21.9. The summed E-state index contributed by atoms with van der Waals surface area (Å²) in [6.45, 7) is 0.245. The average molecular weight is 452 g/mol. The van der Waals surface area contributed by atoms with E-state index in [0.29, 0.717) is 27.8 Å². The quantitative estimate of drug-likeness (QED) is 0.540. The molecule has 0 fully saturated rings. The third-order valence-corrected chi connectivity index (χ3v) is 5.87. The van der Waals surface area contributed by atoms with Crippen molar-refractivity contribution in [2.75, 3.05) is 19.1 Å². The minimum atomic E-state index is -1.98. The van der Waals surface area contributed by atoms with Gasteiger partial charge in [-0.3, -0.25) is 9.59 Å². The van der Waals surface area contributed by atoms with E-state index in [4.69, 9.17) is 21.1 Å². The minimum Gasteiger partial charge on any atom is -0.497 e. The van der Waals surface area contributed by atoms with Crippen LogP contribution in [0.5, 0.6) is 11.5 Å². The summed E-state index contributed by atoms with van der Waals surface area (Å²) in [6, 6.07) is 18.9. The number of Topliss-reactive ketones (excluding diaryl/α,β-unsaturated/α-hetero) is 1. The molecule has 0 unspecified atom stereocenters. The smallest absolute Gasteiger partial charge is 0.264 e. The molecule has 0 saturated heterocycles. The molecule has 3 aromatic rings. The van der Waals surface area contributed by atoms with Crippen molar-refractivity contribution in [3.8, 4) is 11.5 Å². The van der Waals surface area contributed by atoms with Gasteiger partial charge >= 0.3 is 0 Å². The van der Waals surface area contributed by atoms with Crippen molar-refractivity contribution in [2.45, 2.75) is 18.6 Å². The van der Waals surface area contributed by atoms with Gasteiger partial charge in [0.05, 0.1) is 38.4 Å². The number of hydrogen-bond donors (Lipinski definition) is 1. The fourth-order valence-electron chi connectivity index (χ4n) is 3.96. The van der Waals surface area contributed by atoms with E-state index in [2.05, 4.69) is 0 Å². The highest BCUT2D eigenvalue weighted by molar-refractivity contribution is 6.30. The summed E-state index contributed by atoms with van der Waals surface area (Å²) in [5.41, 5.74) is 0.114. The molecule has 0 bridgehead atoms. The van der Waals surface area contributed by atoms with Crippen LogP contribution in [0.2, 0.25) is 5.02 Å². The molecule has 6 nitrogen and oxygen atoms in total. The van der Waals surface area contributed by atoms with Crippen molar-refractivity contribution in [3.63, 3.8) is 0 Å². The van der Waals surface area contributed by atoms with Crippen molar-refractivity contribution in [1.29, 1.82) is 0 Å². The monoisotopic (exact) mass is 451 g/mol. The first-order chi connectivity index (χ1) is 15.4. The molecular weight excluding hydrogens is 430 g/mol. The fraction of sp³-hybridized carbons (Fsp3) is 0.200. The van der Waals surface area contributed by atoms with Gasteiger partial charge < -0.3 is 19.5 Å². The second-order valence-corrected chi connectivity index (χ2v) is 8.00. The van der Waals surface area contributed by atoms with Crippen molar-refractivity contribution in [3.05, 3.63) is 88.4 Å². The van der Waals surface area contributed by atoms with Crippen LogP contribution in [0, 0.1) is 0 Å². The summed E-state index contributed by atoms with van der Waals surface area (Å²) in [5, 5.41) is 12.1. The molecule has 3 aromatic carbocycles. The molecule has 1 heterocycles. The number of para-hydroxylation sites is 1. The number of fused-ring (bicyclic) bond motifs is 1. The maximum atomic E-state index is 13.4. The number of rotatable bonds is 7. The highest BCUT2D eigenvalue weighted by Gasteiger charge is 2.51. The van der Waals surface area contributed by atoms with Crippen molar-refractivity contribution in [1.82, 2.24) is 0 Å². The molecular formula is C25H22ClNO5. The summed E-state index contributed by atoms with van der Waals surface area (Å²) in [4.78, 5) is 28.1. The topological polar surface area (TPSA) is 76.1 Å². The molecule has 0 aromatic heterocycles. The van der Waals surface area contributed by atoms with E-state index < -0.39 is 23.7 Å². The number of anilines is 1. The molecule has 1 atom stereocenters. The van der Waals surface area contributed by atoms with Gasteiger partial charge in [-0.25, -0.2) is 0 Å². The molecule has 0 spiro atoms. The van der Waals surface area contributed by atoms with E-state index in [1.54, 1.807) is 54.6 Å². The number of nitrogens with zero attached hydrogens (tertiary/aromatic N) is 1. The van der Waals surface area contributed by atoms with Gasteiger partial charge in [-0.15, -0.1) is 0 Å². The highest BCUT2D eigenvalue weighted by Crippen LogP contribution is 2.44. The second-order valence-electron chi connectivity index (χ2n) is 7.56. The van der Waals surface area contributed by atoms with Gasteiger partial charge in [0.25, 0.3) is 5.91 Å². The van der Waals surface area contributed by atoms with Crippen LogP contribution in [-0.2, 0) is 16.9 Å². The number of ether oxygens (including phenoxy) is 2. The highest BCUT2D eigenvalue weighted by atomic mass is 35.5.